The highest BCUT2D eigenvalue weighted by Gasteiger charge is 2.48. The fraction of sp³-hybridized carbons (Fsp3) is 0.0400. The van der Waals surface area contributed by atoms with Gasteiger partial charge in [-0.15, -0.1) is 0 Å². The van der Waals surface area contributed by atoms with E-state index in [1.165, 1.54) is 88.9 Å². The van der Waals surface area contributed by atoms with E-state index in [-0.39, 0.29) is 5.41 Å². The monoisotopic (exact) mass is 662 g/mol. The summed E-state index contributed by atoms with van der Waals surface area (Å²) in [7, 11) is 0. The normalized spacial score (nSPS) is 15.4. The van der Waals surface area contributed by atoms with E-state index in [1.807, 2.05) is 0 Å². The zero-order chi connectivity index (χ0) is 34.4. The van der Waals surface area contributed by atoms with E-state index in [9.17, 15) is 0 Å². The summed E-state index contributed by atoms with van der Waals surface area (Å²) in [5.41, 5.74) is 18.6. The lowest BCUT2D eigenvalue weighted by molar-refractivity contribution is 0.702. The fourth-order valence-corrected chi connectivity index (χ4v) is 9.21. The molecule has 11 rings (SSSR count). The van der Waals surface area contributed by atoms with Gasteiger partial charge < -0.3 is 9.47 Å². The summed E-state index contributed by atoms with van der Waals surface area (Å²) < 4.78 is 2.37. The molecular formula is C50H34N2. The molecular weight excluding hydrogens is 629 g/mol. The van der Waals surface area contributed by atoms with Crippen molar-refractivity contribution in [1.82, 2.24) is 4.57 Å². The molecule has 0 N–H and O–H groups in total. The number of hydrogen-bond acceptors (Lipinski definition) is 1. The predicted octanol–water partition coefficient (Wildman–Crippen LogP) is 13.2. The van der Waals surface area contributed by atoms with Crippen LogP contribution in [0.25, 0.3) is 60.9 Å². The Bertz CT molecular complexity index is 2850. The number of nitrogens with zero attached hydrogens (tertiary/aromatic N) is 2. The maximum Gasteiger partial charge on any atom is 0.0541 e. The summed E-state index contributed by atoms with van der Waals surface area (Å²) in [4.78, 5) is 2.48. The first kappa shape index (κ1) is 29.1. The number of rotatable bonds is 4. The molecule has 0 saturated carbocycles. The van der Waals surface area contributed by atoms with Gasteiger partial charge in [0.05, 0.1) is 22.4 Å². The second-order valence-corrected chi connectivity index (χ2v) is 14.3. The SMILES string of the molecule is CC12c3ccccc3-c3cccc(c31)N(c1ccc(-c3ccc4c(c3)c3ccccc3n4-c3ccccc3)cc1)c1ccc(-c3ccccc3)cc12. The van der Waals surface area contributed by atoms with Gasteiger partial charge in [0.1, 0.15) is 0 Å². The summed E-state index contributed by atoms with van der Waals surface area (Å²) in [6.07, 6.45) is 0. The Morgan fingerprint density at radius 1 is 0.385 bits per heavy atom. The van der Waals surface area contributed by atoms with Crippen molar-refractivity contribution in [3.05, 3.63) is 205 Å². The number of anilines is 3. The van der Waals surface area contributed by atoms with Crippen molar-refractivity contribution in [3.8, 4) is 39.1 Å². The van der Waals surface area contributed by atoms with Crippen LogP contribution in [-0.2, 0) is 5.41 Å². The van der Waals surface area contributed by atoms with Gasteiger partial charge in [0, 0.05) is 27.6 Å². The zero-order valence-electron chi connectivity index (χ0n) is 28.8. The van der Waals surface area contributed by atoms with E-state index < -0.39 is 0 Å². The van der Waals surface area contributed by atoms with Crippen LogP contribution in [0, 0.1) is 0 Å². The van der Waals surface area contributed by atoms with Crippen LogP contribution >= 0.6 is 0 Å². The minimum absolute atomic E-state index is 0.270. The molecule has 2 heterocycles. The number of benzene rings is 8. The van der Waals surface area contributed by atoms with Gasteiger partial charge in [-0.1, -0.05) is 127 Å². The quantitative estimate of drug-likeness (QED) is 0.182. The van der Waals surface area contributed by atoms with E-state index >= 15 is 0 Å². The Kier molecular flexibility index (Phi) is 6.12. The van der Waals surface area contributed by atoms with Crippen molar-refractivity contribution >= 4 is 38.9 Å². The van der Waals surface area contributed by atoms with Gasteiger partial charge in [-0.2, -0.15) is 0 Å². The molecule has 0 saturated heterocycles. The van der Waals surface area contributed by atoms with Crippen molar-refractivity contribution in [2.45, 2.75) is 12.3 Å². The van der Waals surface area contributed by atoms with Crippen molar-refractivity contribution < 1.29 is 0 Å². The van der Waals surface area contributed by atoms with E-state index in [4.69, 9.17) is 0 Å². The van der Waals surface area contributed by atoms with Gasteiger partial charge in [-0.3, -0.25) is 0 Å². The summed E-state index contributed by atoms with van der Waals surface area (Å²) in [5.74, 6) is 0. The molecule has 0 bridgehead atoms. The third-order valence-corrected chi connectivity index (χ3v) is 11.6. The Balaban J connectivity index is 1.06. The molecule has 0 radical (unpaired) electrons. The largest absolute Gasteiger partial charge is 0.310 e. The lowest BCUT2D eigenvalue weighted by Crippen LogP contribution is -2.32. The average Bonchev–Trinajstić information content (AvgIpc) is 3.69. The van der Waals surface area contributed by atoms with Crippen LogP contribution in [-0.4, -0.2) is 4.57 Å². The zero-order valence-corrected chi connectivity index (χ0v) is 28.8. The molecule has 8 aromatic carbocycles. The topological polar surface area (TPSA) is 8.17 Å². The highest BCUT2D eigenvalue weighted by Crippen LogP contribution is 2.62. The van der Waals surface area contributed by atoms with Crippen LogP contribution in [0.2, 0.25) is 0 Å². The highest BCUT2D eigenvalue weighted by molar-refractivity contribution is 6.10. The molecule has 0 spiro atoms. The Labute approximate surface area is 303 Å². The van der Waals surface area contributed by atoms with Gasteiger partial charge >= 0.3 is 0 Å². The van der Waals surface area contributed by atoms with Crippen LogP contribution in [0.4, 0.5) is 17.1 Å². The van der Waals surface area contributed by atoms with E-state index in [0.717, 1.165) is 5.69 Å². The average molecular weight is 663 g/mol. The van der Waals surface area contributed by atoms with Crippen LogP contribution in [0.15, 0.2) is 188 Å². The third kappa shape index (κ3) is 4.01. The van der Waals surface area contributed by atoms with Crippen LogP contribution in [0.1, 0.15) is 23.6 Å². The molecule has 1 unspecified atom stereocenters. The lowest BCUT2D eigenvalue weighted by Gasteiger charge is -2.42. The molecule has 1 aliphatic carbocycles. The van der Waals surface area contributed by atoms with E-state index in [1.54, 1.807) is 0 Å². The van der Waals surface area contributed by atoms with Gasteiger partial charge in [0.25, 0.3) is 0 Å². The highest BCUT2D eigenvalue weighted by atomic mass is 15.2. The predicted molar refractivity (Wildman–Crippen MR) is 217 cm³/mol. The van der Waals surface area contributed by atoms with Gasteiger partial charge in [-0.25, -0.2) is 0 Å². The lowest BCUT2D eigenvalue weighted by atomic mass is 9.70. The van der Waals surface area contributed by atoms with E-state index in [0.29, 0.717) is 0 Å². The van der Waals surface area contributed by atoms with Crippen LogP contribution in [0.5, 0.6) is 0 Å². The molecule has 1 atom stereocenters. The molecule has 2 nitrogen and oxygen atoms in total. The second-order valence-electron chi connectivity index (χ2n) is 14.3. The number of aromatic nitrogens is 1. The second kappa shape index (κ2) is 10.9. The van der Waals surface area contributed by atoms with Crippen LogP contribution < -0.4 is 4.90 Å². The maximum atomic E-state index is 2.48. The fourth-order valence-electron chi connectivity index (χ4n) is 9.21. The smallest absolute Gasteiger partial charge is 0.0541 e. The van der Waals surface area contributed by atoms with Gasteiger partial charge in [-0.05, 0) is 118 Å². The molecule has 1 aromatic heterocycles. The molecule has 1 aliphatic heterocycles. The molecule has 2 aliphatic rings. The summed E-state index contributed by atoms with van der Waals surface area (Å²) >= 11 is 0. The summed E-state index contributed by atoms with van der Waals surface area (Å²) in [5, 5.41) is 2.53. The first-order valence-corrected chi connectivity index (χ1v) is 18.1. The number of fused-ring (bicyclic) bond motifs is 8. The van der Waals surface area contributed by atoms with Crippen molar-refractivity contribution in [1.29, 1.82) is 0 Å². The maximum absolute atomic E-state index is 2.48. The van der Waals surface area contributed by atoms with Crippen molar-refractivity contribution in [2.75, 3.05) is 4.90 Å². The van der Waals surface area contributed by atoms with Gasteiger partial charge in [0.15, 0.2) is 0 Å². The standard InChI is InChI=1S/C50H34N2/c1-50-43-20-10-8-17-39(43)41-19-12-22-48(49(41)50)52(47-30-26-36(32-44(47)50)33-13-4-2-5-14-33)38-27-23-34(24-28-38)35-25-29-46-42(31-35)40-18-9-11-21-45(40)51(46)37-15-6-3-7-16-37/h2-32H,1H3. The van der Waals surface area contributed by atoms with Crippen LogP contribution in [0.3, 0.4) is 0 Å². The molecule has 0 fully saturated rings. The third-order valence-electron chi connectivity index (χ3n) is 11.6. The van der Waals surface area contributed by atoms with Gasteiger partial charge in [0.2, 0.25) is 0 Å². The first-order valence-electron chi connectivity index (χ1n) is 18.1. The summed E-state index contributed by atoms with van der Waals surface area (Å²) in [6.45, 7) is 2.43. The van der Waals surface area contributed by atoms with Crippen molar-refractivity contribution in [3.63, 3.8) is 0 Å². The minimum Gasteiger partial charge on any atom is -0.310 e. The molecule has 0 amide bonds. The number of para-hydroxylation sites is 2. The first-order chi connectivity index (χ1) is 25.7. The molecule has 52 heavy (non-hydrogen) atoms. The minimum atomic E-state index is -0.270. The van der Waals surface area contributed by atoms with Crippen molar-refractivity contribution in [2.24, 2.45) is 0 Å². The summed E-state index contributed by atoms with van der Waals surface area (Å²) in [6, 6.07) is 69.1. The Morgan fingerprint density at radius 2 is 1.02 bits per heavy atom. The number of hydrogen-bond donors (Lipinski definition) is 0. The van der Waals surface area contributed by atoms with E-state index in [2.05, 4.69) is 204 Å². The molecule has 2 heteroatoms. The molecule has 9 aromatic rings. The molecule has 244 valence electrons. The Hall–Kier alpha value is -6.64. The Morgan fingerprint density at radius 3 is 1.87 bits per heavy atom.